The summed E-state index contributed by atoms with van der Waals surface area (Å²) in [7, 11) is 0. The van der Waals surface area contributed by atoms with Gasteiger partial charge in [-0.3, -0.25) is 9.59 Å². The molecular formula is C61H76N12O8S. The Balaban J connectivity index is 0.567. The van der Waals surface area contributed by atoms with Crippen molar-refractivity contribution in [1.29, 1.82) is 0 Å². The van der Waals surface area contributed by atoms with Crippen molar-refractivity contribution < 1.29 is 38.9 Å². The molecule has 6 atom stereocenters. The number of aromatic nitrogens is 5. The number of nitrogens with one attached hydrogen (secondary N) is 1. The number of thiazole rings is 1. The van der Waals surface area contributed by atoms with Gasteiger partial charge < -0.3 is 64.9 Å². The van der Waals surface area contributed by atoms with Gasteiger partial charge in [-0.2, -0.15) is 0 Å². The molecule has 6 aromatic rings. The Kier molecular flexibility index (Phi) is 16.0. The summed E-state index contributed by atoms with van der Waals surface area (Å²) in [5.74, 6) is 1.46. The summed E-state index contributed by atoms with van der Waals surface area (Å²) in [4.78, 5) is 49.4. The second-order valence-corrected chi connectivity index (χ2v) is 24.8. The van der Waals surface area contributed by atoms with E-state index in [4.69, 9.17) is 19.7 Å². The zero-order valence-corrected chi connectivity index (χ0v) is 48.0. The van der Waals surface area contributed by atoms with Crippen LogP contribution in [0, 0.1) is 18.8 Å². The molecule has 2 amide bonds. The number of aryl methyl sites for hydroxylation is 1. The lowest BCUT2D eigenvalue weighted by Gasteiger charge is -2.43. The molecule has 5 aliphatic heterocycles. The van der Waals surface area contributed by atoms with Gasteiger partial charge in [-0.05, 0) is 100 Å². The van der Waals surface area contributed by atoms with E-state index in [1.165, 1.54) is 16.2 Å². The second-order valence-electron chi connectivity index (χ2n) is 23.9. The van der Waals surface area contributed by atoms with Crippen molar-refractivity contribution in [3.05, 3.63) is 95.5 Å². The predicted molar refractivity (Wildman–Crippen MR) is 313 cm³/mol. The smallest absolute Gasteiger partial charge is 0.243 e. The van der Waals surface area contributed by atoms with Crippen molar-refractivity contribution >= 4 is 46.2 Å². The first-order valence-electron chi connectivity index (χ1n) is 29.4. The van der Waals surface area contributed by atoms with Gasteiger partial charge in [0.1, 0.15) is 29.6 Å². The molecule has 6 fully saturated rings. The monoisotopic (exact) mass is 1140 g/mol. The second kappa shape index (κ2) is 23.7. The van der Waals surface area contributed by atoms with Gasteiger partial charge in [0.25, 0.3) is 0 Å². The third-order valence-corrected chi connectivity index (χ3v) is 19.0. The normalized spacial score (nSPS) is 24.2. The molecule has 82 heavy (non-hydrogen) atoms. The van der Waals surface area contributed by atoms with Crippen LogP contribution < -0.4 is 30.5 Å². The van der Waals surface area contributed by atoms with Gasteiger partial charge in [-0.15, -0.1) is 21.5 Å². The number of nitrogens with zero attached hydrogens (tertiary/aromatic N) is 10. The molecule has 9 heterocycles. The van der Waals surface area contributed by atoms with E-state index in [0.717, 1.165) is 125 Å². The fourth-order valence-corrected chi connectivity index (χ4v) is 14.3. The quantitative estimate of drug-likeness (QED) is 0.0587. The molecule has 2 aromatic carbocycles. The first-order chi connectivity index (χ1) is 39.7. The molecule has 434 valence electrons. The highest BCUT2D eigenvalue weighted by Gasteiger charge is 2.45. The van der Waals surface area contributed by atoms with Crippen molar-refractivity contribution in [1.82, 2.24) is 40.4 Å². The van der Waals surface area contributed by atoms with E-state index >= 15 is 0 Å². The Bertz CT molecular complexity index is 3210. The van der Waals surface area contributed by atoms with E-state index in [0.29, 0.717) is 58.1 Å². The lowest BCUT2D eigenvalue weighted by molar-refractivity contribution is -0.141. The summed E-state index contributed by atoms with van der Waals surface area (Å²) in [6.07, 6.45) is 9.62. The van der Waals surface area contributed by atoms with E-state index in [9.17, 15) is 24.9 Å². The van der Waals surface area contributed by atoms with Crippen LogP contribution in [0.3, 0.4) is 0 Å². The van der Waals surface area contributed by atoms with Gasteiger partial charge in [-0.25, -0.2) is 9.97 Å². The van der Waals surface area contributed by atoms with Crippen molar-refractivity contribution in [3.63, 3.8) is 0 Å². The van der Waals surface area contributed by atoms with Crippen LogP contribution in [0.15, 0.2) is 83.0 Å². The van der Waals surface area contributed by atoms with E-state index < -0.39 is 30.0 Å². The number of nitrogen functional groups attached to an aromatic ring is 1. The lowest BCUT2D eigenvalue weighted by Crippen LogP contribution is -2.54. The van der Waals surface area contributed by atoms with E-state index in [1.807, 2.05) is 57.3 Å². The first-order valence-corrected chi connectivity index (χ1v) is 30.3. The molecule has 2 unspecified atom stereocenters. The maximum atomic E-state index is 14.4. The number of piperazine rings is 1. The number of anilines is 4. The topological polar surface area (TPSA) is 245 Å². The molecule has 20 nitrogen and oxygen atoms in total. The molecular weight excluding hydrogens is 1060 g/mol. The SMILES string of the molecule is Cc1ncsc1-c1ccc([C@H](C)NC(=O)[C@@H]2C[C@@H](O)CN2C(=O)[C@@H](c2cc(N3CCC(CN4CCC(O[C@H]5C[C@H](Oc6cc(N7C8CCC7CN(c7cc(-c9ccccc9O)nnc7N)C8)ccn6)C5)CC4)CC3)no2)C(C)C)c(O)c1. The van der Waals surface area contributed by atoms with Crippen molar-refractivity contribution in [3.8, 4) is 39.1 Å². The molecule has 6 aliphatic rings. The van der Waals surface area contributed by atoms with Crippen molar-refractivity contribution in [2.75, 3.05) is 72.8 Å². The number of phenols is 2. The molecule has 4 aromatic heterocycles. The molecule has 5 saturated heterocycles. The zero-order chi connectivity index (χ0) is 56.8. The lowest BCUT2D eigenvalue weighted by atomic mass is 9.91. The predicted octanol–water partition coefficient (Wildman–Crippen LogP) is 7.70. The van der Waals surface area contributed by atoms with Crippen LogP contribution in [-0.2, 0) is 14.3 Å². The van der Waals surface area contributed by atoms with Gasteiger partial charge in [0, 0.05) is 119 Å². The number of hydrogen-bond acceptors (Lipinski definition) is 19. The van der Waals surface area contributed by atoms with Crippen molar-refractivity contribution in [2.45, 2.75) is 140 Å². The summed E-state index contributed by atoms with van der Waals surface area (Å²) in [6.45, 7) is 14.0. The Morgan fingerprint density at radius 2 is 1.60 bits per heavy atom. The maximum absolute atomic E-state index is 14.4. The number of benzene rings is 2. The van der Waals surface area contributed by atoms with Crippen molar-refractivity contribution in [2.24, 2.45) is 11.8 Å². The van der Waals surface area contributed by atoms with Crippen LogP contribution in [0.5, 0.6) is 17.4 Å². The Hall–Kier alpha value is -7.07. The van der Waals surface area contributed by atoms with Gasteiger partial charge >= 0.3 is 0 Å². The minimum absolute atomic E-state index is 0.0341. The largest absolute Gasteiger partial charge is 0.508 e. The number of nitrogens with two attached hydrogens (primary N) is 1. The number of phenolic OH excluding ortho intramolecular Hbond substituents is 2. The molecule has 6 N–H and O–H groups in total. The van der Waals surface area contributed by atoms with Crippen LogP contribution in [-0.4, -0.2) is 157 Å². The third kappa shape index (κ3) is 11.7. The number of carbonyl (C=O) groups is 2. The summed E-state index contributed by atoms with van der Waals surface area (Å²) in [5, 5.41) is 48.3. The van der Waals surface area contributed by atoms with Crippen LogP contribution in [0.4, 0.5) is 23.0 Å². The minimum atomic E-state index is -0.887. The highest BCUT2D eigenvalue weighted by molar-refractivity contribution is 7.13. The number of fused-ring (bicyclic) bond motifs is 2. The highest BCUT2D eigenvalue weighted by Crippen LogP contribution is 2.42. The van der Waals surface area contributed by atoms with Crippen LogP contribution in [0.25, 0.3) is 21.7 Å². The number of rotatable bonds is 17. The van der Waals surface area contributed by atoms with Crippen LogP contribution in [0.2, 0.25) is 0 Å². The summed E-state index contributed by atoms with van der Waals surface area (Å²) >= 11 is 1.50. The summed E-state index contributed by atoms with van der Waals surface area (Å²) in [6, 6.07) is 19.7. The number of aromatic hydroxyl groups is 2. The summed E-state index contributed by atoms with van der Waals surface area (Å²) in [5.41, 5.74) is 13.6. The summed E-state index contributed by atoms with van der Waals surface area (Å²) < 4.78 is 19.0. The van der Waals surface area contributed by atoms with Gasteiger partial charge in [-0.1, -0.05) is 43.3 Å². The Morgan fingerprint density at radius 1 is 0.829 bits per heavy atom. The number of aliphatic hydroxyl groups excluding tert-OH is 1. The molecule has 21 heteroatoms. The maximum Gasteiger partial charge on any atom is 0.243 e. The molecule has 1 aliphatic carbocycles. The van der Waals surface area contributed by atoms with Gasteiger partial charge in [0.15, 0.2) is 17.4 Å². The number of para-hydroxylation sites is 1. The average molecular weight is 1140 g/mol. The number of hydrogen-bond donors (Lipinski definition) is 5. The fraction of sp³-hybridized carbons (Fsp3) is 0.525. The van der Waals surface area contributed by atoms with Gasteiger partial charge in [0.2, 0.25) is 17.7 Å². The molecule has 0 radical (unpaired) electrons. The zero-order valence-electron chi connectivity index (χ0n) is 47.2. The molecule has 1 saturated carbocycles. The Morgan fingerprint density at radius 3 is 2.32 bits per heavy atom. The van der Waals surface area contributed by atoms with E-state index in [-0.39, 0.29) is 54.6 Å². The standard InChI is InChI=1S/C61H76N12O8S/c1-35(2)57(61(78)72-33-43(74)25-51(72)60(77)65-36(3)47-12-9-39(23-53(47)76)58-37(4)64-34-82-58)54-29-55(68-81-54)70-21-14-38(15-22-70)30-69-19-16-44(17-20-69)79-45-26-46(27-45)80-56-24-40(13-18-63-56)73-41-10-11-42(73)32-71(31-41)50-28-49(66-67-59(50)62)48-7-5-6-8-52(48)75/h5-9,12-13,18,23-24,28-29,34-36,38,41-46,51,57,74-76H,10-11,14-17,19-22,25-27,30-33H2,1-4H3,(H2,62,67)(H,65,77)/t36-,41?,42?,43+,45-,46-,51-,57+/m0/s1. The molecule has 2 bridgehead atoms. The number of β-amino-alcohol motifs (C(OH)–C–C–N with tert-alkyl or cyclic N) is 1. The van der Waals surface area contributed by atoms with E-state index in [2.05, 4.69) is 62.4 Å². The number of likely N-dealkylation sites (tertiary alicyclic amines) is 2. The number of carbonyl (C=O) groups excluding carboxylic acids is 2. The Labute approximate surface area is 482 Å². The van der Waals surface area contributed by atoms with Crippen LogP contribution in [0.1, 0.15) is 108 Å². The number of piperidine rings is 2. The number of aliphatic hydroxyl groups is 1. The number of ether oxygens (including phenoxy) is 2. The molecule has 12 rings (SSSR count). The first kappa shape index (κ1) is 55.5. The average Bonchev–Trinajstić information content (AvgIpc) is 3.95. The van der Waals surface area contributed by atoms with E-state index in [1.54, 1.807) is 36.7 Å². The number of amides is 2. The fourth-order valence-electron chi connectivity index (χ4n) is 13.5. The number of pyridine rings is 1. The van der Waals surface area contributed by atoms with Crippen LogP contribution >= 0.6 is 11.3 Å². The third-order valence-electron chi connectivity index (χ3n) is 18.0. The highest BCUT2D eigenvalue weighted by atomic mass is 32.1. The van der Waals surface area contributed by atoms with Gasteiger partial charge in [0.05, 0.1) is 51.8 Å². The molecule has 0 spiro atoms. The minimum Gasteiger partial charge on any atom is -0.508 e.